The van der Waals surface area contributed by atoms with Gasteiger partial charge in [0.25, 0.3) is 5.91 Å². The first-order valence-electron chi connectivity index (χ1n) is 4.37. The number of carbonyl (C=O) groups is 2. The summed E-state index contributed by atoms with van der Waals surface area (Å²) in [6.45, 7) is 0. The molecule has 0 unspecified atom stereocenters. The number of rotatable bonds is 3. The molecule has 1 aromatic carbocycles. The van der Waals surface area contributed by atoms with Crippen molar-refractivity contribution in [3.63, 3.8) is 0 Å². The molecule has 0 fully saturated rings. The van der Waals surface area contributed by atoms with Crippen molar-refractivity contribution in [2.75, 3.05) is 5.01 Å². The number of hydrazine groups is 2. The van der Waals surface area contributed by atoms with Crippen LogP contribution in [0.25, 0.3) is 0 Å². The lowest BCUT2D eigenvalue weighted by Gasteiger charge is -2.16. The maximum Gasteiger partial charge on any atom is 0.250 e. The standard InChI is InChI=1S/C9H11ClN4O2/c10-6-1-3-7(4-2-6)14(12)9(16)5-8(15)13-11/h1-4H,5,11-12H2,(H,13,15). The molecular weight excluding hydrogens is 232 g/mol. The molecule has 0 heterocycles. The second-order valence-electron chi connectivity index (χ2n) is 2.98. The Labute approximate surface area is 97.1 Å². The number of nitrogens with one attached hydrogen (secondary N) is 1. The fourth-order valence-electron chi connectivity index (χ4n) is 1.02. The summed E-state index contributed by atoms with van der Waals surface area (Å²) in [7, 11) is 0. The number of benzene rings is 1. The Morgan fingerprint density at radius 3 is 2.38 bits per heavy atom. The smallest absolute Gasteiger partial charge is 0.250 e. The molecule has 16 heavy (non-hydrogen) atoms. The number of hydrogen-bond donors (Lipinski definition) is 3. The molecule has 0 aliphatic heterocycles. The Balaban J connectivity index is 2.70. The van der Waals surface area contributed by atoms with E-state index in [1.807, 2.05) is 5.43 Å². The van der Waals surface area contributed by atoms with Gasteiger partial charge in [0, 0.05) is 5.02 Å². The van der Waals surface area contributed by atoms with Crippen LogP contribution < -0.4 is 22.1 Å². The Hall–Kier alpha value is -1.63. The highest BCUT2D eigenvalue weighted by molar-refractivity contribution is 6.30. The minimum Gasteiger partial charge on any atom is -0.294 e. The lowest BCUT2D eigenvalue weighted by Crippen LogP contribution is -2.41. The summed E-state index contributed by atoms with van der Waals surface area (Å²) in [6, 6.07) is 6.32. The second-order valence-corrected chi connectivity index (χ2v) is 3.42. The average Bonchev–Trinajstić information content (AvgIpc) is 2.28. The van der Waals surface area contributed by atoms with E-state index in [1.54, 1.807) is 24.3 Å². The van der Waals surface area contributed by atoms with E-state index < -0.39 is 18.2 Å². The number of carbonyl (C=O) groups excluding carboxylic acids is 2. The molecule has 7 heteroatoms. The highest BCUT2D eigenvalue weighted by Gasteiger charge is 2.15. The Morgan fingerprint density at radius 2 is 1.88 bits per heavy atom. The van der Waals surface area contributed by atoms with E-state index in [0.29, 0.717) is 10.7 Å². The molecule has 2 amide bonds. The fourth-order valence-corrected chi connectivity index (χ4v) is 1.15. The molecule has 0 atom stereocenters. The summed E-state index contributed by atoms with van der Waals surface area (Å²) in [6.07, 6.45) is -0.407. The first-order valence-corrected chi connectivity index (χ1v) is 4.75. The third-order valence-electron chi connectivity index (χ3n) is 1.85. The zero-order chi connectivity index (χ0) is 12.1. The van der Waals surface area contributed by atoms with Gasteiger partial charge >= 0.3 is 0 Å². The van der Waals surface area contributed by atoms with Gasteiger partial charge in [0.1, 0.15) is 6.42 Å². The van der Waals surface area contributed by atoms with Crippen LogP contribution in [0.3, 0.4) is 0 Å². The van der Waals surface area contributed by atoms with Crippen LogP contribution in [0.2, 0.25) is 5.02 Å². The zero-order valence-corrected chi connectivity index (χ0v) is 9.07. The summed E-state index contributed by atoms with van der Waals surface area (Å²) in [5, 5.41) is 1.40. The number of anilines is 1. The molecule has 1 rings (SSSR count). The van der Waals surface area contributed by atoms with Crippen LogP contribution in [0, 0.1) is 0 Å². The van der Waals surface area contributed by atoms with Crippen molar-refractivity contribution in [2.45, 2.75) is 6.42 Å². The third-order valence-corrected chi connectivity index (χ3v) is 2.10. The number of nitrogens with zero attached hydrogens (tertiary/aromatic N) is 1. The van der Waals surface area contributed by atoms with Crippen LogP contribution in [-0.2, 0) is 9.59 Å². The van der Waals surface area contributed by atoms with E-state index in [0.717, 1.165) is 5.01 Å². The zero-order valence-electron chi connectivity index (χ0n) is 8.31. The maximum atomic E-state index is 11.4. The van der Waals surface area contributed by atoms with Crippen molar-refractivity contribution >= 4 is 29.1 Å². The molecule has 0 aliphatic rings. The summed E-state index contributed by atoms with van der Waals surface area (Å²) in [5.41, 5.74) is 2.29. The van der Waals surface area contributed by atoms with Gasteiger partial charge in [-0.15, -0.1) is 0 Å². The molecule has 6 nitrogen and oxygen atoms in total. The monoisotopic (exact) mass is 242 g/mol. The number of halogens is 1. The van der Waals surface area contributed by atoms with E-state index in [4.69, 9.17) is 23.3 Å². The molecule has 0 aliphatic carbocycles. The predicted molar refractivity (Wildman–Crippen MR) is 60.1 cm³/mol. The normalized spacial score (nSPS) is 9.69. The van der Waals surface area contributed by atoms with Gasteiger partial charge in [-0.1, -0.05) is 11.6 Å². The minimum atomic E-state index is -0.602. The van der Waals surface area contributed by atoms with Crippen LogP contribution in [0.15, 0.2) is 24.3 Å². The van der Waals surface area contributed by atoms with Crippen molar-refractivity contribution in [2.24, 2.45) is 11.7 Å². The van der Waals surface area contributed by atoms with E-state index in [9.17, 15) is 9.59 Å². The van der Waals surface area contributed by atoms with Gasteiger partial charge in [-0.3, -0.25) is 15.0 Å². The molecule has 1 aromatic rings. The largest absolute Gasteiger partial charge is 0.294 e. The van der Waals surface area contributed by atoms with Crippen LogP contribution in [-0.4, -0.2) is 11.8 Å². The number of nitrogens with two attached hydrogens (primary N) is 2. The summed E-state index contributed by atoms with van der Waals surface area (Å²) in [4.78, 5) is 22.3. The topological polar surface area (TPSA) is 101 Å². The SMILES string of the molecule is NNC(=O)CC(=O)N(N)c1ccc(Cl)cc1. The van der Waals surface area contributed by atoms with Crippen molar-refractivity contribution in [1.29, 1.82) is 0 Å². The molecule has 0 saturated heterocycles. The fraction of sp³-hybridized carbons (Fsp3) is 0.111. The summed E-state index contributed by atoms with van der Waals surface area (Å²) < 4.78 is 0. The van der Waals surface area contributed by atoms with Gasteiger partial charge in [0.2, 0.25) is 5.91 Å². The molecule has 0 spiro atoms. The molecule has 86 valence electrons. The van der Waals surface area contributed by atoms with Crippen molar-refractivity contribution in [3.05, 3.63) is 29.3 Å². The number of hydrogen-bond acceptors (Lipinski definition) is 4. The van der Waals surface area contributed by atoms with Crippen molar-refractivity contribution in [3.8, 4) is 0 Å². The highest BCUT2D eigenvalue weighted by Crippen LogP contribution is 2.16. The first kappa shape index (κ1) is 12.4. The molecule has 0 bridgehead atoms. The molecular formula is C9H11ClN4O2. The van der Waals surface area contributed by atoms with Crippen LogP contribution in [0.1, 0.15) is 6.42 Å². The van der Waals surface area contributed by atoms with Crippen molar-refractivity contribution < 1.29 is 9.59 Å². The first-order chi connectivity index (χ1) is 7.54. The van der Waals surface area contributed by atoms with E-state index >= 15 is 0 Å². The van der Waals surface area contributed by atoms with E-state index in [1.165, 1.54) is 0 Å². The van der Waals surface area contributed by atoms with Crippen LogP contribution in [0.4, 0.5) is 5.69 Å². The average molecular weight is 243 g/mol. The van der Waals surface area contributed by atoms with Gasteiger partial charge in [0.05, 0.1) is 5.69 Å². The highest BCUT2D eigenvalue weighted by atomic mass is 35.5. The van der Waals surface area contributed by atoms with E-state index in [2.05, 4.69) is 0 Å². The predicted octanol–water partition coefficient (Wildman–Crippen LogP) is -0.0733. The quantitative estimate of drug-likeness (QED) is 0.299. The Kier molecular flexibility index (Phi) is 4.24. The lowest BCUT2D eigenvalue weighted by molar-refractivity contribution is -0.128. The summed E-state index contributed by atoms with van der Waals surface area (Å²) >= 11 is 5.68. The van der Waals surface area contributed by atoms with Gasteiger partial charge in [-0.2, -0.15) is 0 Å². The lowest BCUT2D eigenvalue weighted by atomic mass is 10.3. The van der Waals surface area contributed by atoms with Crippen molar-refractivity contribution in [1.82, 2.24) is 5.43 Å². The van der Waals surface area contributed by atoms with E-state index in [-0.39, 0.29) is 0 Å². The molecule has 5 N–H and O–H groups in total. The van der Waals surface area contributed by atoms with Gasteiger partial charge in [-0.25, -0.2) is 16.7 Å². The van der Waals surface area contributed by atoms with Gasteiger partial charge < -0.3 is 0 Å². The number of amides is 2. The van der Waals surface area contributed by atoms with Crippen LogP contribution in [0.5, 0.6) is 0 Å². The van der Waals surface area contributed by atoms with Gasteiger partial charge in [0.15, 0.2) is 0 Å². The van der Waals surface area contributed by atoms with Gasteiger partial charge in [-0.05, 0) is 24.3 Å². The third kappa shape index (κ3) is 3.20. The minimum absolute atomic E-state index is 0.407. The molecule has 0 aromatic heterocycles. The summed E-state index contributed by atoms with van der Waals surface area (Å²) in [5.74, 6) is 9.20. The Morgan fingerprint density at radius 1 is 1.31 bits per heavy atom. The second kappa shape index (κ2) is 5.45. The molecule has 0 saturated carbocycles. The van der Waals surface area contributed by atoms with Crippen LogP contribution >= 0.6 is 11.6 Å². The maximum absolute atomic E-state index is 11.4. The molecule has 0 radical (unpaired) electrons. The Bertz CT molecular complexity index is 393.